The second-order valence-electron chi connectivity index (χ2n) is 11.4. The highest BCUT2D eigenvalue weighted by Gasteiger charge is 2.31. The minimum absolute atomic E-state index is 0.0594. The number of ether oxygens (including phenoxy) is 2. The minimum atomic E-state index is -4.49. The van der Waals surface area contributed by atoms with Gasteiger partial charge in [-0.15, -0.1) is 0 Å². The van der Waals surface area contributed by atoms with E-state index in [9.17, 15) is 22.8 Å². The number of nitrogens with two attached hydrogens (primary N) is 1. The van der Waals surface area contributed by atoms with Crippen molar-refractivity contribution in [3.63, 3.8) is 0 Å². The normalized spacial score (nSPS) is 15.7. The van der Waals surface area contributed by atoms with Gasteiger partial charge in [-0.1, -0.05) is 18.2 Å². The zero-order valence-corrected chi connectivity index (χ0v) is 24.4. The lowest BCUT2D eigenvalue weighted by Gasteiger charge is -2.36. The summed E-state index contributed by atoms with van der Waals surface area (Å²) in [7, 11) is 0. The molecule has 14 heteroatoms. The number of nitrogens with zero attached hydrogens (tertiary/aromatic N) is 4. The van der Waals surface area contributed by atoms with Crippen LogP contribution in [0.15, 0.2) is 53.3 Å². The third-order valence-corrected chi connectivity index (χ3v) is 6.89. The molecule has 4 N–H and O–H groups in total. The molecule has 0 saturated carbocycles. The Morgan fingerprint density at radius 1 is 1.09 bits per heavy atom. The van der Waals surface area contributed by atoms with Crippen molar-refractivity contribution in [1.82, 2.24) is 24.8 Å². The lowest BCUT2D eigenvalue weighted by atomic mass is 10.0. The number of aromatic nitrogens is 4. The van der Waals surface area contributed by atoms with E-state index in [-0.39, 0.29) is 35.0 Å². The molecule has 44 heavy (non-hydrogen) atoms. The van der Waals surface area contributed by atoms with Crippen molar-refractivity contribution in [2.24, 2.45) is 0 Å². The van der Waals surface area contributed by atoms with E-state index in [4.69, 9.17) is 15.2 Å². The highest BCUT2D eigenvalue weighted by atomic mass is 19.4. The van der Waals surface area contributed by atoms with Gasteiger partial charge < -0.3 is 30.4 Å². The smallest absolute Gasteiger partial charge is 0.416 e. The van der Waals surface area contributed by atoms with Crippen LogP contribution in [0.3, 0.4) is 0 Å². The molecule has 0 radical (unpaired) electrons. The van der Waals surface area contributed by atoms with Crippen molar-refractivity contribution in [1.29, 1.82) is 0 Å². The molecule has 1 aliphatic rings. The fourth-order valence-electron chi connectivity index (χ4n) is 4.81. The largest absolute Gasteiger partial charge is 0.444 e. The number of rotatable bonds is 6. The number of alkyl halides is 3. The number of fused-ring (bicyclic) bond motifs is 1. The number of anilines is 2. The molecular weight excluding hydrogens is 579 g/mol. The molecule has 0 aliphatic carbocycles. The van der Waals surface area contributed by atoms with E-state index in [1.165, 1.54) is 18.2 Å². The van der Waals surface area contributed by atoms with Crippen LogP contribution in [0.1, 0.15) is 45.6 Å². The number of hydrogen-bond donors (Lipinski definition) is 3. The van der Waals surface area contributed by atoms with Gasteiger partial charge in [-0.3, -0.25) is 4.79 Å². The number of nitrogen functional groups attached to an aromatic ring is 1. The molecule has 2 aromatic carbocycles. The lowest BCUT2D eigenvalue weighted by molar-refractivity contribution is -0.137. The Morgan fingerprint density at radius 3 is 2.55 bits per heavy atom. The minimum Gasteiger partial charge on any atom is -0.444 e. The molecule has 0 bridgehead atoms. The Balaban J connectivity index is 1.47. The number of halogens is 3. The van der Waals surface area contributed by atoms with Crippen molar-refractivity contribution < 1.29 is 27.4 Å². The topological polar surface area (TPSA) is 148 Å². The first-order valence-electron chi connectivity index (χ1n) is 14.0. The Morgan fingerprint density at radius 2 is 1.84 bits per heavy atom. The van der Waals surface area contributed by atoms with E-state index in [2.05, 4.69) is 25.3 Å². The highest BCUT2D eigenvalue weighted by Crippen LogP contribution is 2.33. The van der Waals surface area contributed by atoms with Crippen molar-refractivity contribution in [3.8, 4) is 22.9 Å². The summed E-state index contributed by atoms with van der Waals surface area (Å²) in [5, 5.41) is 3.17. The second-order valence-corrected chi connectivity index (χ2v) is 11.4. The number of aromatic amines is 1. The van der Waals surface area contributed by atoms with Gasteiger partial charge in [-0.25, -0.2) is 14.8 Å². The molecule has 1 saturated heterocycles. The van der Waals surface area contributed by atoms with E-state index < -0.39 is 29.0 Å². The number of carbonyl (C=O) groups is 1. The van der Waals surface area contributed by atoms with E-state index >= 15 is 0 Å². The van der Waals surface area contributed by atoms with E-state index in [1.807, 2.05) is 20.8 Å². The van der Waals surface area contributed by atoms with Crippen molar-refractivity contribution in [2.75, 3.05) is 24.1 Å². The van der Waals surface area contributed by atoms with Gasteiger partial charge in [0, 0.05) is 24.7 Å². The van der Waals surface area contributed by atoms with Crippen molar-refractivity contribution in [3.05, 3.63) is 64.4 Å². The van der Waals surface area contributed by atoms with E-state index in [0.29, 0.717) is 29.9 Å². The summed E-state index contributed by atoms with van der Waals surface area (Å²) in [4.78, 5) is 42.3. The molecular formula is C30H32F3N7O4. The average Bonchev–Trinajstić information content (AvgIpc) is 2.96. The van der Waals surface area contributed by atoms with Crippen LogP contribution >= 0.6 is 0 Å². The maximum Gasteiger partial charge on any atom is 0.416 e. The molecule has 232 valence electrons. The molecule has 1 atom stereocenters. The quantitative estimate of drug-likeness (QED) is 0.240. The summed E-state index contributed by atoms with van der Waals surface area (Å²) < 4.78 is 51.3. The molecule has 3 heterocycles. The monoisotopic (exact) mass is 611 g/mol. The van der Waals surface area contributed by atoms with Gasteiger partial charge in [-0.05, 0) is 64.3 Å². The second kappa shape index (κ2) is 12.0. The molecule has 1 fully saturated rings. The predicted molar refractivity (Wildman–Crippen MR) is 158 cm³/mol. The Hall–Kier alpha value is -4.88. The number of benzene rings is 2. The summed E-state index contributed by atoms with van der Waals surface area (Å²) in [5.41, 5.74) is 5.10. The predicted octanol–water partition coefficient (Wildman–Crippen LogP) is 5.97. The van der Waals surface area contributed by atoms with Crippen LogP contribution in [0, 0.1) is 0 Å². The van der Waals surface area contributed by atoms with Gasteiger partial charge in [-0.2, -0.15) is 18.2 Å². The molecule has 0 spiro atoms. The van der Waals surface area contributed by atoms with Crippen LogP contribution in [-0.4, -0.2) is 55.7 Å². The number of carbonyl (C=O) groups excluding carboxylic acids is 1. The molecule has 2 aromatic heterocycles. The van der Waals surface area contributed by atoms with Crippen LogP contribution in [0.4, 0.5) is 29.7 Å². The standard InChI is InChI=1S/C30H32F3N7O4/c1-29(2,3)44-28(42)40-14-5-4-7-19(40)16-35-27-37-21(17-10-12-18(13-11-17)30(31,32)33)15-23(38-27)43-22-9-6-8-20-24(22)39-25(34)26(41)36-20/h6,8-13,15,19H,4-5,7,14,16H2,1-3H3,(H2,34,39)(H,36,41)(H,35,37,38)/t19-/m1/s1. The maximum atomic E-state index is 13.2. The molecule has 0 unspecified atom stereocenters. The fraction of sp³-hybridized carbons (Fsp3) is 0.367. The maximum absolute atomic E-state index is 13.2. The molecule has 11 nitrogen and oxygen atoms in total. The van der Waals surface area contributed by atoms with Gasteiger partial charge in [0.05, 0.1) is 22.8 Å². The fourth-order valence-corrected chi connectivity index (χ4v) is 4.81. The van der Waals surface area contributed by atoms with Gasteiger partial charge >= 0.3 is 12.3 Å². The summed E-state index contributed by atoms with van der Waals surface area (Å²) in [5.74, 6) is 0.181. The number of hydrogen-bond acceptors (Lipinski definition) is 9. The molecule has 1 amide bonds. The number of amides is 1. The van der Waals surface area contributed by atoms with Gasteiger partial charge in [0.2, 0.25) is 11.8 Å². The first-order valence-corrected chi connectivity index (χ1v) is 14.0. The third kappa shape index (κ3) is 7.18. The van der Waals surface area contributed by atoms with Gasteiger partial charge in [0.25, 0.3) is 5.56 Å². The Labute approximate surface area is 250 Å². The zero-order chi connectivity index (χ0) is 31.6. The number of H-pyrrole nitrogens is 1. The van der Waals surface area contributed by atoms with Gasteiger partial charge in [0.1, 0.15) is 11.1 Å². The van der Waals surface area contributed by atoms with Crippen molar-refractivity contribution >= 4 is 28.9 Å². The number of piperidine rings is 1. The summed E-state index contributed by atoms with van der Waals surface area (Å²) in [6, 6.07) is 10.7. The first kappa shape index (κ1) is 30.6. The van der Waals surface area contributed by atoms with Crippen LogP contribution in [0.5, 0.6) is 11.6 Å². The Bertz CT molecular complexity index is 1720. The highest BCUT2D eigenvalue weighted by molar-refractivity contribution is 5.82. The van der Waals surface area contributed by atoms with Gasteiger partial charge in [0.15, 0.2) is 11.6 Å². The van der Waals surface area contributed by atoms with E-state index in [0.717, 1.165) is 31.4 Å². The Kier molecular flexibility index (Phi) is 8.35. The van der Waals surface area contributed by atoms with Crippen LogP contribution in [0.2, 0.25) is 0 Å². The number of para-hydroxylation sites is 1. The molecule has 5 rings (SSSR count). The number of likely N-dealkylation sites (tertiary alicyclic amines) is 1. The third-order valence-electron chi connectivity index (χ3n) is 6.89. The number of nitrogens with one attached hydrogen (secondary N) is 2. The zero-order valence-electron chi connectivity index (χ0n) is 24.4. The lowest BCUT2D eigenvalue weighted by Crippen LogP contribution is -2.49. The van der Waals surface area contributed by atoms with Crippen molar-refractivity contribution in [2.45, 2.75) is 57.9 Å². The molecule has 1 aliphatic heterocycles. The molecule has 4 aromatic rings. The summed E-state index contributed by atoms with van der Waals surface area (Å²) >= 11 is 0. The van der Waals surface area contributed by atoms with Crippen LogP contribution < -0.4 is 21.3 Å². The summed E-state index contributed by atoms with van der Waals surface area (Å²) in [6.07, 6.45) is -2.40. The average molecular weight is 612 g/mol. The first-order chi connectivity index (χ1) is 20.8. The van der Waals surface area contributed by atoms with Crippen LogP contribution in [0.25, 0.3) is 22.3 Å². The van der Waals surface area contributed by atoms with Crippen LogP contribution in [-0.2, 0) is 10.9 Å². The van der Waals surface area contributed by atoms with E-state index in [1.54, 1.807) is 23.1 Å². The SMILES string of the molecule is CC(C)(C)OC(=O)N1CCCC[C@@H]1CNc1nc(Oc2cccc3[nH]c(=O)c(N)nc23)cc(-c2ccc(C(F)(F)F)cc2)n1. The summed E-state index contributed by atoms with van der Waals surface area (Å²) in [6.45, 7) is 6.26.